The molecule has 0 atom stereocenters. The Balaban J connectivity index is 2.35. The summed E-state index contributed by atoms with van der Waals surface area (Å²) in [6.45, 7) is 3.55. The largest absolute Gasteiger partial charge is 0.443 e. The number of nitrogens with zero attached hydrogens (tertiary/aromatic N) is 1. The predicted octanol–water partition coefficient (Wildman–Crippen LogP) is 3.19. The van der Waals surface area contributed by atoms with Gasteiger partial charge in [0, 0.05) is 15.7 Å². The zero-order valence-corrected chi connectivity index (χ0v) is 11.5. The normalized spacial score (nSPS) is 10.8. The molecule has 0 saturated heterocycles. The number of aromatic nitrogens is 1. The molecule has 0 saturated carbocycles. The zero-order chi connectivity index (χ0) is 12.3. The van der Waals surface area contributed by atoms with Gasteiger partial charge in [-0.15, -0.1) is 0 Å². The summed E-state index contributed by atoms with van der Waals surface area (Å²) in [5.41, 5.74) is 1.72. The number of nitrogens with one attached hydrogen (secondary N) is 1. The molecule has 2 rings (SSSR count). The van der Waals surface area contributed by atoms with E-state index >= 15 is 0 Å². The predicted molar refractivity (Wildman–Crippen MR) is 72.0 cm³/mol. The molecule has 2 aromatic rings. The van der Waals surface area contributed by atoms with Crippen molar-refractivity contribution in [1.29, 1.82) is 0 Å². The Bertz CT molecular complexity index is 513. The lowest BCUT2D eigenvalue weighted by Gasteiger charge is -2.04. The molecular weight excluding hydrogens is 334 g/mol. The van der Waals surface area contributed by atoms with Crippen LogP contribution in [0.1, 0.15) is 12.6 Å². The minimum Gasteiger partial charge on any atom is -0.443 e. The van der Waals surface area contributed by atoms with Crippen molar-refractivity contribution in [2.75, 3.05) is 6.54 Å². The van der Waals surface area contributed by atoms with Crippen LogP contribution in [0, 0.1) is 9.39 Å². The van der Waals surface area contributed by atoms with Crippen LogP contribution in [0.4, 0.5) is 4.39 Å². The summed E-state index contributed by atoms with van der Waals surface area (Å²) >= 11 is 2.09. The molecule has 0 spiro atoms. The molecule has 0 fully saturated rings. The minimum atomic E-state index is -0.245. The summed E-state index contributed by atoms with van der Waals surface area (Å²) < 4.78 is 19.2. The summed E-state index contributed by atoms with van der Waals surface area (Å²) in [5.74, 6) is 0.459. The van der Waals surface area contributed by atoms with Gasteiger partial charge in [0.05, 0.1) is 0 Å². The molecule has 0 radical (unpaired) electrons. The second-order valence-electron chi connectivity index (χ2n) is 3.53. The first kappa shape index (κ1) is 12.5. The summed E-state index contributed by atoms with van der Waals surface area (Å²) in [6.07, 6.45) is 1.42. The maximum Gasteiger partial charge on any atom is 0.181 e. The van der Waals surface area contributed by atoms with Gasteiger partial charge < -0.3 is 9.73 Å². The van der Waals surface area contributed by atoms with Crippen LogP contribution in [0.3, 0.4) is 0 Å². The number of hydrogen-bond acceptors (Lipinski definition) is 3. The highest BCUT2D eigenvalue weighted by Crippen LogP contribution is 2.28. The third-order valence-electron chi connectivity index (χ3n) is 2.36. The Kier molecular flexibility index (Phi) is 4.11. The molecule has 3 nitrogen and oxygen atoms in total. The van der Waals surface area contributed by atoms with Crippen molar-refractivity contribution in [3.8, 4) is 11.3 Å². The van der Waals surface area contributed by atoms with Crippen molar-refractivity contribution in [3.63, 3.8) is 0 Å². The molecule has 0 unspecified atom stereocenters. The van der Waals surface area contributed by atoms with Gasteiger partial charge in [-0.25, -0.2) is 9.37 Å². The van der Waals surface area contributed by atoms with Gasteiger partial charge in [0.1, 0.15) is 11.5 Å². The van der Waals surface area contributed by atoms with E-state index in [9.17, 15) is 4.39 Å². The molecule has 0 aliphatic carbocycles. The van der Waals surface area contributed by atoms with Crippen molar-refractivity contribution < 1.29 is 8.81 Å². The first-order chi connectivity index (χ1) is 8.22. The fourth-order valence-electron chi connectivity index (χ4n) is 1.53. The van der Waals surface area contributed by atoms with Gasteiger partial charge in [-0.2, -0.15) is 0 Å². The van der Waals surface area contributed by atoms with Gasteiger partial charge in [0.15, 0.2) is 12.2 Å². The lowest BCUT2D eigenvalue weighted by molar-refractivity contribution is 0.569. The molecule has 0 amide bonds. The van der Waals surface area contributed by atoms with Gasteiger partial charge >= 0.3 is 0 Å². The van der Waals surface area contributed by atoms with Crippen LogP contribution in [0.15, 0.2) is 29.0 Å². The van der Waals surface area contributed by atoms with Gasteiger partial charge in [-0.3, -0.25) is 0 Å². The highest BCUT2D eigenvalue weighted by atomic mass is 127. The standard InChI is InChI=1S/C12H12FIN2O/c1-2-15-6-11-12(17-7-16-11)9-4-3-8(13)5-10(9)14/h3-5,7,15H,2,6H2,1H3. The average molecular weight is 346 g/mol. The Hall–Kier alpha value is -0.950. The van der Waals surface area contributed by atoms with Crippen LogP contribution in [0.2, 0.25) is 0 Å². The van der Waals surface area contributed by atoms with Gasteiger partial charge in [0.25, 0.3) is 0 Å². The van der Waals surface area contributed by atoms with E-state index in [2.05, 4.69) is 32.9 Å². The topological polar surface area (TPSA) is 38.1 Å². The van der Waals surface area contributed by atoms with E-state index in [1.807, 2.05) is 6.92 Å². The van der Waals surface area contributed by atoms with E-state index < -0.39 is 0 Å². The third-order valence-corrected chi connectivity index (χ3v) is 3.25. The zero-order valence-electron chi connectivity index (χ0n) is 9.34. The Morgan fingerprint density at radius 3 is 3.00 bits per heavy atom. The van der Waals surface area contributed by atoms with Crippen molar-refractivity contribution >= 4 is 22.6 Å². The molecule has 0 bridgehead atoms. The number of oxazole rings is 1. The van der Waals surface area contributed by atoms with E-state index in [0.29, 0.717) is 12.3 Å². The van der Waals surface area contributed by atoms with E-state index in [-0.39, 0.29) is 5.82 Å². The molecule has 1 heterocycles. The number of hydrogen-bond donors (Lipinski definition) is 1. The van der Waals surface area contributed by atoms with E-state index in [4.69, 9.17) is 4.42 Å². The summed E-state index contributed by atoms with van der Waals surface area (Å²) in [4.78, 5) is 4.17. The van der Waals surface area contributed by atoms with Crippen molar-refractivity contribution in [3.05, 3.63) is 39.7 Å². The summed E-state index contributed by atoms with van der Waals surface area (Å²) in [5, 5.41) is 3.19. The molecular formula is C12H12FIN2O. The summed E-state index contributed by atoms with van der Waals surface area (Å²) in [6, 6.07) is 4.62. The Morgan fingerprint density at radius 2 is 2.29 bits per heavy atom. The molecule has 0 aliphatic heterocycles. The molecule has 90 valence electrons. The van der Waals surface area contributed by atoms with Crippen LogP contribution in [-0.4, -0.2) is 11.5 Å². The second-order valence-corrected chi connectivity index (χ2v) is 4.69. The number of rotatable bonds is 4. The van der Waals surface area contributed by atoms with Crippen LogP contribution in [0.25, 0.3) is 11.3 Å². The smallest absolute Gasteiger partial charge is 0.181 e. The third kappa shape index (κ3) is 2.84. The maximum absolute atomic E-state index is 13.0. The number of benzene rings is 1. The quantitative estimate of drug-likeness (QED) is 0.865. The van der Waals surface area contributed by atoms with E-state index in [1.165, 1.54) is 18.5 Å². The second kappa shape index (κ2) is 5.59. The molecule has 1 N–H and O–H groups in total. The van der Waals surface area contributed by atoms with Crippen LogP contribution in [0.5, 0.6) is 0 Å². The van der Waals surface area contributed by atoms with Crippen molar-refractivity contribution in [1.82, 2.24) is 10.3 Å². The van der Waals surface area contributed by atoms with Crippen LogP contribution >= 0.6 is 22.6 Å². The minimum absolute atomic E-state index is 0.245. The highest BCUT2D eigenvalue weighted by Gasteiger charge is 2.13. The van der Waals surface area contributed by atoms with Gasteiger partial charge in [0.2, 0.25) is 0 Å². The lowest BCUT2D eigenvalue weighted by Crippen LogP contribution is -2.12. The maximum atomic E-state index is 13.0. The SMILES string of the molecule is CCNCc1ncoc1-c1ccc(F)cc1I. The first-order valence-corrected chi connectivity index (χ1v) is 6.38. The average Bonchev–Trinajstić information content (AvgIpc) is 2.74. The lowest BCUT2D eigenvalue weighted by atomic mass is 10.1. The van der Waals surface area contributed by atoms with Crippen molar-refractivity contribution in [2.24, 2.45) is 0 Å². The Labute approximate surface area is 113 Å². The van der Waals surface area contributed by atoms with Crippen molar-refractivity contribution in [2.45, 2.75) is 13.5 Å². The number of halogens is 2. The molecule has 17 heavy (non-hydrogen) atoms. The summed E-state index contributed by atoms with van der Waals surface area (Å²) in [7, 11) is 0. The van der Waals surface area contributed by atoms with Crippen LogP contribution < -0.4 is 5.32 Å². The van der Waals surface area contributed by atoms with E-state index in [1.54, 1.807) is 6.07 Å². The fraction of sp³-hybridized carbons (Fsp3) is 0.250. The van der Waals surface area contributed by atoms with E-state index in [0.717, 1.165) is 21.4 Å². The fourth-order valence-corrected chi connectivity index (χ4v) is 2.25. The molecule has 1 aromatic carbocycles. The van der Waals surface area contributed by atoms with Crippen LogP contribution in [-0.2, 0) is 6.54 Å². The highest BCUT2D eigenvalue weighted by molar-refractivity contribution is 14.1. The van der Waals surface area contributed by atoms with Gasteiger partial charge in [-0.1, -0.05) is 6.92 Å². The molecule has 0 aliphatic rings. The molecule has 5 heteroatoms. The Morgan fingerprint density at radius 1 is 1.47 bits per heavy atom. The first-order valence-electron chi connectivity index (χ1n) is 5.31. The molecule has 1 aromatic heterocycles. The van der Waals surface area contributed by atoms with Gasteiger partial charge in [-0.05, 0) is 47.3 Å². The monoisotopic (exact) mass is 346 g/mol.